The van der Waals surface area contributed by atoms with Gasteiger partial charge in [0, 0.05) is 18.7 Å². The molecular formula is C14H11NO2. The number of hydrogen-bond donors (Lipinski definition) is 0. The van der Waals surface area contributed by atoms with Crippen LogP contribution in [0.2, 0.25) is 0 Å². The van der Waals surface area contributed by atoms with Crippen LogP contribution in [-0.2, 0) is 4.79 Å². The lowest BCUT2D eigenvalue weighted by Gasteiger charge is -2.12. The summed E-state index contributed by atoms with van der Waals surface area (Å²) in [6, 6.07) is 12.8. The smallest absolute Gasteiger partial charge is 0.303 e. The van der Waals surface area contributed by atoms with E-state index in [1.165, 1.54) is 11.2 Å². The molecule has 0 aliphatic carbocycles. The molecule has 2 aromatic rings. The molecule has 0 spiro atoms. The minimum absolute atomic E-state index is 0.271. The molecule has 1 aromatic carbocycles. The highest BCUT2D eigenvalue weighted by Gasteiger charge is 2.06. The summed E-state index contributed by atoms with van der Waals surface area (Å²) in [6.45, 7) is 0. The van der Waals surface area contributed by atoms with Gasteiger partial charge in [0.05, 0.1) is 6.26 Å². The summed E-state index contributed by atoms with van der Waals surface area (Å²) in [5, 5.41) is 0. The Kier molecular flexibility index (Phi) is 3.27. The average Bonchev–Trinajstić information content (AvgIpc) is 2.89. The van der Waals surface area contributed by atoms with E-state index in [2.05, 4.69) is 11.8 Å². The monoisotopic (exact) mass is 225 g/mol. The third-order valence-electron chi connectivity index (χ3n) is 2.26. The maximum absolute atomic E-state index is 11.7. The third-order valence-corrected chi connectivity index (χ3v) is 2.26. The fourth-order valence-electron chi connectivity index (χ4n) is 1.32. The SMILES string of the molecule is CN(C(=O)C#Cc1ccco1)c1ccccc1. The fraction of sp³-hybridized carbons (Fsp3) is 0.0714. The molecule has 0 saturated heterocycles. The molecule has 3 nitrogen and oxygen atoms in total. The molecule has 3 heteroatoms. The Morgan fingerprint density at radius 2 is 1.94 bits per heavy atom. The van der Waals surface area contributed by atoms with Gasteiger partial charge in [0.15, 0.2) is 5.76 Å². The van der Waals surface area contributed by atoms with Gasteiger partial charge in [0.2, 0.25) is 0 Å². The molecule has 0 bridgehead atoms. The number of carbonyl (C=O) groups is 1. The first-order chi connectivity index (χ1) is 8.27. The number of amides is 1. The van der Waals surface area contributed by atoms with E-state index in [9.17, 15) is 4.79 Å². The summed E-state index contributed by atoms with van der Waals surface area (Å²) in [5.41, 5.74) is 0.811. The number of hydrogen-bond acceptors (Lipinski definition) is 2. The van der Waals surface area contributed by atoms with Gasteiger partial charge in [-0.2, -0.15) is 0 Å². The maximum Gasteiger partial charge on any atom is 0.303 e. The Labute approximate surface area is 99.7 Å². The van der Waals surface area contributed by atoms with Crippen molar-refractivity contribution in [3.63, 3.8) is 0 Å². The lowest BCUT2D eigenvalue weighted by Crippen LogP contribution is -2.24. The van der Waals surface area contributed by atoms with E-state index in [4.69, 9.17) is 4.42 Å². The number of anilines is 1. The number of para-hydroxylation sites is 1. The zero-order valence-corrected chi connectivity index (χ0v) is 9.38. The fourth-order valence-corrected chi connectivity index (χ4v) is 1.32. The molecule has 0 unspecified atom stereocenters. The van der Waals surface area contributed by atoms with Crippen LogP contribution in [0, 0.1) is 11.8 Å². The molecule has 1 amide bonds. The van der Waals surface area contributed by atoms with E-state index in [0.29, 0.717) is 5.76 Å². The predicted octanol–water partition coefficient (Wildman–Crippen LogP) is 2.29. The minimum atomic E-state index is -0.271. The lowest BCUT2D eigenvalue weighted by atomic mass is 10.3. The highest BCUT2D eigenvalue weighted by atomic mass is 16.3. The first kappa shape index (κ1) is 11.0. The largest absolute Gasteiger partial charge is 0.456 e. The quantitative estimate of drug-likeness (QED) is 0.698. The number of carbonyl (C=O) groups excluding carboxylic acids is 1. The second-order valence-electron chi connectivity index (χ2n) is 3.43. The van der Waals surface area contributed by atoms with Crippen molar-refractivity contribution in [1.29, 1.82) is 0 Å². The Morgan fingerprint density at radius 3 is 2.59 bits per heavy atom. The Balaban J connectivity index is 2.11. The zero-order chi connectivity index (χ0) is 12.1. The molecule has 1 aromatic heterocycles. The summed E-state index contributed by atoms with van der Waals surface area (Å²) >= 11 is 0. The van der Waals surface area contributed by atoms with Crippen LogP contribution in [0.15, 0.2) is 53.1 Å². The topological polar surface area (TPSA) is 33.5 Å². The van der Waals surface area contributed by atoms with Crippen LogP contribution >= 0.6 is 0 Å². The van der Waals surface area contributed by atoms with Crippen LogP contribution < -0.4 is 4.90 Å². The summed E-state index contributed by atoms with van der Waals surface area (Å²) in [5.74, 6) is 5.41. The maximum atomic E-state index is 11.7. The summed E-state index contributed by atoms with van der Waals surface area (Å²) in [4.78, 5) is 13.2. The molecular weight excluding hydrogens is 214 g/mol. The molecule has 0 aliphatic heterocycles. The van der Waals surface area contributed by atoms with Crippen molar-refractivity contribution in [3.05, 3.63) is 54.5 Å². The first-order valence-corrected chi connectivity index (χ1v) is 5.15. The van der Waals surface area contributed by atoms with Gasteiger partial charge in [0.1, 0.15) is 0 Å². The minimum Gasteiger partial charge on any atom is -0.456 e. The van der Waals surface area contributed by atoms with Gasteiger partial charge < -0.3 is 9.32 Å². The zero-order valence-electron chi connectivity index (χ0n) is 9.38. The van der Waals surface area contributed by atoms with E-state index in [0.717, 1.165) is 5.69 Å². The Bertz CT molecular complexity index is 547. The van der Waals surface area contributed by atoms with Crippen molar-refractivity contribution in [2.24, 2.45) is 0 Å². The van der Waals surface area contributed by atoms with Gasteiger partial charge in [-0.25, -0.2) is 0 Å². The van der Waals surface area contributed by atoms with E-state index in [1.807, 2.05) is 30.3 Å². The summed E-state index contributed by atoms with van der Waals surface area (Å²) in [7, 11) is 1.69. The van der Waals surface area contributed by atoms with Crippen LogP contribution in [0.5, 0.6) is 0 Å². The Morgan fingerprint density at radius 1 is 1.18 bits per heavy atom. The average molecular weight is 225 g/mol. The molecule has 0 aliphatic rings. The van der Waals surface area contributed by atoms with Gasteiger partial charge in [0.25, 0.3) is 0 Å². The second kappa shape index (κ2) is 5.04. The third kappa shape index (κ3) is 2.76. The molecule has 0 N–H and O–H groups in total. The predicted molar refractivity (Wildman–Crippen MR) is 65.4 cm³/mol. The van der Waals surface area contributed by atoms with E-state index in [-0.39, 0.29) is 5.91 Å². The Hall–Kier alpha value is -2.47. The van der Waals surface area contributed by atoms with E-state index < -0.39 is 0 Å². The first-order valence-electron chi connectivity index (χ1n) is 5.15. The van der Waals surface area contributed by atoms with Crippen molar-refractivity contribution in [2.75, 3.05) is 11.9 Å². The molecule has 1 heterocycles. The molecule has 2 rings (SSSR count). The summed E-state index contributed by atoms with van der Waals surface area (Å²) in [6.07, 6.45) is 1.52. The van der Waals surface area contributed by atoms with Crippen LogP contribution in [0.1, 0.15) is 5.76 Å². The number of nitrogens with zero attached hydrogens (tertiary/aromatic N) is 1. The van der Waals surface area contributed by atoms with Crippen molar-refractivity contribution in [3.8, 4) is 11.8 Å². The van der Waals surface area contributed by atoms with Crippen molar-refractivity contribution in [1.82, 2.24) is 0 Å². The van der Waals surface area contributed by atoms with E-state index in [1.54, 1.807) is 19.2 Å². The number of rotatable bonds is 1. The van der Waals surface area contributed by atoms with Crippen molar-refractivity contribution >= 4 is 11.6 Å². The van der Waals surface area contributed by atoms with E-state index >= 15 is 0 Å². The van der Waals surface area contributed by atoms with Gasteiger partial charge in [-0.15, -0.1) is 0 Å². The second-order valence-corrected chi connectivity index (χ2v) is 3.43. The van der Waals surface area contributed by atoms with Crippen LogP contribution in [0.25, 0.3) is 0 Å². The highest BCUT2D eigenvalue weighted by Crippen LogP contribution is 2.10. The number of benzene rings is 1. The normalized spacial score (nSPS) is 9.24. The van der Waals surface area contributed by atoms with Gasteiger partial charge >= 0.3 is 5.91 Å². The highest BCUT2D eigenvalue weighted by molar-refractivity contribution is 6.05. The van der Waals surface area contributed by atoms with Gasteiger partial charge in [-0.1, -0.05) is 18.2 Å². The summed E-state index contributed by atoms with van der Waals surface area (Å²) < 4.78 is 5.02. The molecule has 0 atom stereocenters. The van der Waals surface area contributed by atoms with Crippen LogP contribution in [0.4, 0.5) is 5.69 Å². The van der Waals surface area contributed by atoms with Crippen LogP contribution in [-0.4, -0.2) is 13.0 Å². The van der Waals surface area contributed by atoms with Gasteiger partial charge in [-0.3, -0.25) is 4.79 Å². The van der Waals surface area contributed by atoms with Crippen molar-refractivity contribution < 1.29 is 9.21 Å². The molecule has 17 heavy (non-hydrogen) atoms. The molecule has 0 saturated carbocycles. The lowest BCUT2D eigenvalue weighted by molar-refractivity contribution is -0.113. The molecule has 0 fully saturated rings. The van der Waals surface area contributed by atoms with Crippen molar-refractivity contribution in [2.45, 2.75) is 0 Å². The standard InChI is InChI=1S/C14H11NO2/c1-15(12-6-3-2-4-7-12)14(16)10-9-13-8-5-11-17-13/h2-8,11H,1H3. The molecule has 0 radical (unpaired) electrons. The van der Waals surface area contributed by atoms with Crippen LogP contribution in [0.3, 0.4) is 0 Å². The van der Waals surface area contributed by atoms with Gasteiger partial charge in [-0.05, 0) is 30.2 Å². The number of furan rings is 1. The molecule has 84 valence electrons.